The molecule has 0 aliphatic rings. The van der Waals surface area contributed by atoms with Gasteiger partial charge in [0.05, 0.1) is 5.02 Å². The van der Waals surface area contributed by atoms with E-state index in [4.69, 9.17) is 20.8 Å². The summed E-state index contributed by atoms with van der Waals surface area (Å²) in [7, 11) is 0. The van der Waals surface area contributed by atoms with E-state index in [0.29, 0.717) is 16.3 Å². The van der Waals surface area contributed by atoms with Crippen molar-refractivity contribution in [3.8, 4) is 11.3 Å². The van der Waals surface area contributed by atoms with Crippen molar-refractivity contribution < 1.29 is 18.7 Å². The van der Waals surface area contributed by atoms with E-state index in [0.717, 1.165) is 0 Å². The number of benzene rings is 1. The number of furan rings is 1. The van der Waals surface area contributed by atoms with Gasteiger partial charge in [-0.15, -0.1) is 0 Å². The second kappa shape index (κ2) is 7.09. The van der Waals surface area contributed by atoms with Gasteiger partial charge in [-0.25, -0.2) is 4.79 Å². The minimum atomic E-state index is -0.925. The molecule has 0 fully saturated rings. The zero-order valence-electron chi connectivity index (χ0n) is 14.1. The summed E-state index contributed by atoms with van der Waals surface area (Å²) in [6, 6.07) is 10.3. The molecule has 0 unspecified atom stereocenters. The number of halogens is 1. The molecule has 24 heavy (non-hydrogen) atoms. The lowest BCUT2D eigenvalue weighted by atomic mass is 10.1. The van der Waals surface area contributed by atoms with Crippen molar-refractivity contribution in [2.45, 2.75) is 39.3 Å². The summed E-state index contributed by atoms with van der Waals surface area (Å²) in [5.41, 5.74) is 0.274. The Hall–Kier alpha value is -2.27. The highest BCUT2D eigenvalue weighted by Crippen LogP contribution is 2.29. The molecule has 1 heterocycles. The third-order valence-corrected chi connectivity index (χ3v) is 3.43. The average Bonchev–Trinajstić information content (AvgIpc) is 2.95. The van der Waals surface area contributed by atoms with Crippen LogP contribution in [0.4, 0.5) is 0 Å². The van der Waals surface area contributed by atoms with E-state index >= 15 is 0 Å². The smallest absolute Gasteiger partial charge is 0.375 e. The normalized spacial score (nSPS) is 12.5. The van der Waals surface area contributed by atoms with Crippen LogP contribution in [0, 0.1) is 0 Å². The first-order valence-electron chi connectivity index (χ1n) is 7.55. The molecule has 2 aromatic rings. The molecule has 0 aliphatic heterocycles. The van der Waals surface area contributed by atoms with E-state index in [1.807, 2.05) is 26.8 Å². The summed E-state index contributed by atoms with van der Waals surface area (Å²) in [4.78, 5) is 24.1. The summed E-state index contributed by atoms with van der Waals surface area (Å²) in [5, 5.41) is 3.27. The van der Waals surface area contributed by atoms with Gasteiger partial charge < -0.3 is 14.5 Å². The number of nitrogens with one attached hydrogen (secondary N) is 1. The molecule has 0 saturated heterocycles. The first-order valence-corrected chi connectivity index (χ1v) is 7.93. The quantitative estimate of drug-likeness (QED) is 0.845. The van der Waals surface area contributed by atoms with Crippen LogP contribution in [0.2, 0.25) is 5.02 Å². The van der Waals surface area contributed by atoms with Crippen molar-refractivity contribution in [1.82, 2.24) is 5.32 Å². The Balaban J connectivity index is 2.06. The number of carbonyl (C=O) groups excluding carboxylic acids is 2. The average molecular weight is 350 g/mol. The maximum Gasteiger partial charge on any atom is 0.375 e. The minimum Gasteiger partial charge on any atom is -0.449 e. The Bertz CT molecular complexity index is 745. The highest BCUT2D eigenvalue weighted by atomic mass is 35.5. The fraction of sp³-hybridized carbons (Fsp3) is 0.333. The summed E-state index contributed by atoms with van der Waals surface area (Å²) in [6.45, 7) is 7.06. The molecule has 0 spiro atoms. The van der Waals surface area contributed by atoms with Gasteiger partial charge in [0.1, 0.15) is 5.76 Å². The largest absolute Gasteiger partial charge is 0.449 e. The fourth-order valence-electron chi connectivity index (χ4n) is 2.00. The van der Waals surface area contributed by atoms with Crippen LogP contribution in [0.1, 0.15) is 38.2 Å². The molecule has 1 aromatic carbocycles. The van der Waals surface area contributed by atoms with Gasteiger partial charge in [-0.05, 0) is 52.0 Å². The van der Waals surface area contributed by atoms with Crippen LogP contribution < -0.4 is 5.32 Å². The number of amides is 1. The molecule has 1 aromatic heterocycles. The molecule has 6 heteroatoms. The van der Waals surface area contributed by atoms with Crippen LogP contribution in [-0.4, -0.2) is 23.5 Å². The second-order valence-electron chi connectivity index (χ2n) is 6.43. The van der Waals surface area contributed by atoms with Crippen LogP contribution in [0.5, 0.6) is 0 Å². The van der Waals surface area contributed by atoms with Crippen LogP contribution in [0.3, 0.4) is 0 Å². The second-order valence-corrected chi connectivity index (χ2v) is 6.84. The minimum absolute atomic E-state index is 0.0142. The summed E-state index contributed by atoms with van der Waals surface area (Å²) in [5.74, 6) is -0.599. The van der Waals surface area contributed by atoms with Crippen molar-refractivity contribution in [2.75, 3.05) is 0 Å². The van der Waals surface area contributed by atoms with E-state index in [2.05, 4.69) is 5.32 Å². The lowest BCUT2D eigenvalue weighted by Gasteiger charge is -2.22. The number of hydrogen-bond acceptors (Lipinski definition) is 4. The molecular weight excluding hydrogens is 330 g/mol. The van der Waals surface area contributed by atoms with Crippen molar-refractivity contribution in [3.05, 3.63) is 47.2 Å². The predicted octanol–water partition coefficient (Wildman–Crippen LogP) is 4.06. The maximum atomic E-state index is 12.1. The van der Waals surface area contributed by atoms with E-state index in [9.17, 15) is 9.59 Å². The number of ether oxygens (including phenoxy) is 1. The third-order valence-electron chi connectivity index (χ3n) is 3.10. The van der Waals surface area contributed by atoms with Crippen LogP contribution in [-0.2, 0) is 9.53 Å². The van der Waals surface area contributed by atoms with Gasteiger partial charge in [0.2, 0.25) is 5.76 Å². The SMILES string of the molecule is C[C@H](OC(=O)c1ccc(-c2ccccc2Cl)o1)C(=O)NC(C)(C)C. The van der Waals surface area contributed by atoms with Gasteiger partial charge >= 0.3 is 5.97 Å². The first-order chi connectivity index (χ1) is 11.2. The number of hydrogen-bond donors (Lipinski definition) is 1. The standard InChI is InChI=1S/C18H20ClNO4/c1-11(16(21)20-18(2,3)4)23-17(22)15-10-9-14(24-15)12-7-5-6-8-13(12)19/h5-11H,1-4H3,(H,20,21)/t11-/m0/s1. The number of esters is 1. The monoisotopic (exact) mass is 349 g/mol. The van der Waals surface area contributed by atoms with Gasteiger partial charge in [0.15, 0.2) is 6.10 Å². The van der Waals surface area contributed by atoms with Gasteiger partial charge in [-0.1, -0.05) is 23.7 Å². The molecule has 2 rings (SSSR count). The molecule has 1 atom stereocenters. The van der Waals surface area contributed by atoms with Crippen molar-refractivity contribution >= 4 is 23.5 Å². The van der Waals surface area contributed by atoms with Gasteiger partial charge in [-0.3, -0.25) is 4.79 Å². The molecule has 0 bridgehead atoms. The lowest BCUT2D eigenvalue weighted by Crippen LogP contribution is -2.46. The van der Waals surface area contributed by atoms with E-state index in [-0.39, 0.29) is 11.7 Å². The molecule has 0 radical (unpaired) electrons. The molecule has 128 valence electrons. The van der Waals surface area contributed by atoms with Crippen molar-refractivity contribution in [1.29, 1.82) is 0 Å². The zero-order chi connectivity index (χ0) is 17.9. The number of rotatable bonds is 4. The van der Waals surface area contributed by atoms with Gasteiger partial charge in [-0.2, -0.15) is 0 Å². The van der Waals surface area contributed by atoms with Crippen LogP contribution in [0.25, 0.3) is 11.3 Å². The molecule has 1 amide bonds. The van der Waals surface area contributed by atoms with E-state index in [1.165, 1.54) is 13.0 Å². The summed E-state index contributed by atoms with van der Waals surface area (Å²) in [6.07, 6.45) is -0.925. The van der Waals surface area contributed by atoms with E-state index in [1.54, 1.807) is 24.3 Å². The topological polar surface area (TPSA) is 68.5 Å². The first kappa shape index (κ1) is 18.1. The summed E-state index contributed by atoms with van der Waals surface area (Å²) < 4.78 is 10.6. The summed E-state index contributed by atoms with van der Waals surface area (Å²) >= 11 is 6.11. The molecule has 1 N–H and O–H groups in total. The van der Waals surface area contributed by atoms with Gasteiger partial charge in [0.25, 0.3) is 5.91 Å². The molecular formula is C18H20ClNO4. The lowest BCUT2D eigenvalue weighted by molar-refractivity contribution is -0.130. The molecule has 0 aliphatic carbocycles. The highest BCUT2D eigenvalue weighted by molar-refractivity contribution is 6.33. The Kier molecular flexibility index (Phi) is 5.34. The fourth-order valence-corrected chi connectivity index (χ4v) is 2.23. The van der Waals surface area contributed by atoms with Crippen molar-refractivity contribution in [2.24, 2.45) is 0 Å². The maximum absolute atomic E-state index is 12.1. The Morgan fingerprint density at radius 3 is 2.46 bits per heavy atom. The van der Waals surface area contributed by atoms with E-state index < -0.39 is 17.6 Å². The third kappa shape index (κ3) is 4.61. The predicted molar refractivity (Wildman–Crippen MR) is 91.9 cm³/mol. The van der Waals surface area contributed by atoms with Crippen LogP contribution >= 0.6 is 11.6 Å². The highest BCUT2D eigenvalue weighted by Gasteiger charge is 2.24. The zero-order valence-corrected chi connectivity index (χ0v) is 14.8. The number of carbonyl (C=O) groups is 2. The molecule has 0 saturated carbocycles. The Labute approximate surface area is 145 Å². The van der Waals surface area contributed by atoms with Crippen molar-refractivity contribution in [3.63, 3.8) is 0 Å². The Morgan fingerprint density at radius 2 is 1.83 bits per heavy atom. The molecule has 5 nitrogen and oxygen atoms in total. The van der Waals surface area contributed by atoms with Gasteiger partial charge in [0, 0.05) is 11.1 Å². The Morgan fingerprint density at radius 1 is 1.17 bits per heavy atom. The van der Waals surface area contributed by atoms with Crippen LogP contribution in [0.15, 0.2) is 40.8 Å².